The molecule has 1 amide bonds. The minimum atomic E-state index is -0.402. The first-order chi connectivity index (χ1) is 15.9. The van der Waals surface area contributed by atoms with Crippen LogP contribution in [-0.4, -0.2) is 54.2 Å². The molecule has 0 fully saturated rings. The molecule has 0 saturated carbocycles. The monoisotopic (exact) mass is 451 g/mol. The number of likely N-dealkylation sites (N-methyl/N-ethyl adjacent to an activating group) is 1. The van der Waals surface area contributed by atoms with Crippen molar-refractivity contribution < 1.29 is 19.1 Å². The minimum absolute atomic E-state index is 0.219. The van der Waals surface area contributed by atoms with E-state index in [1.807, 2.05) is 24.3 Å². The maximum absolute atomic E-state index is 12.3. The topological polar surface area (TPSA) is 89.9 Å². The molecule has 8 nitrogen and oxygen atoms in total. The number of nitrogens with one attached hydrogen (secondary N) is 1. The van der Waals surface area contributed by atoms with Crippen molar-refractivity contribution in [2.75, 3.05) is 38.2 Å². The number of carbonyl (C=O) groups excluding carboxylic acids is 2. The standard InChI is InChI=1S/C25H29N3O5/c1-4-28(5-2)14-15-32-25(31)18-10-12-19(13-11-18)26-23(29)17-33-22-16-24(30)27(3)21-9-7-6-8-20(21)22/h6-13,16H,4-5,14-15,17H2,1-3H3,(H,26,29). The molecule has 174 valence electrons. The first kappa shape index (κ1) is 24.0. The Kier molecular flexibility index (Phi) is 8.21. The van der Waals surface area contributed by atoms with Crippen LogP contribution in [0.2, 0.25) is 0 Å². The predicted molar refractivity (Wildman–Crippen MR) is 128 cm³/mol. The fraction of sp³-hybridized carbons (Fsp3) is 0.320. The molecule has 1 N–H and O–H groups in total. The van der Waals surface area contributed by atoms with E-state index in [4.69, 9.17) is 9.47 Å². The summed E-state index contributed by atoms with van der Waals surface area (Å²) >= 11 is 0. The van der Waals surface area contributed by atoms with E-state index in [1.165, 1.54) is 10.6 Å². The summed E-state index contributed by atoms with van der Waals surface area (Å²) in [5, 5.41) is 3.47. The molecule has 0 spiro atoms. The van der Waals surface area contributed by atoms with E-state index < -0.39 is 5.97 Å². The molecule has 0 bridgehead atoms. The Hall–Kier alpha value is -3.65. The second-order valence-corrected chi connectivity index (χ2v) is 7.50. The van der Waals surface area contributed by atoms with Crippen LogP contribution in [0.15, 0.2) is 59.4 Å². The maximum Gasteiger partial charge on any atom is 0.338 e. The van der Waals surface area contributed by atoms with E-state index in [0.717, 1.165) is 24.0 Å². The number of anilines is 1. The highest BCUT2D eigenvalue weighted by atomic mass is 16.5. The van der Waals surface area contributed by atoms with Gasteiger partial charge in [-0.05, 0) is 49.5 Å². The van der Waals surface area contributed by atoms with Gasteiger partial charge in [-0.15, -0.1) is 0 Å². The zero-order chi connectivity index (χ0) is 23.8. The molecule has 33 heavy (non-hydrogen) atoms. The van der Waals surface area contributed by atoms with Crippen molar-refractivity contribution in [1.29, 1.82) is 0 Å². The third-order valence-corrected chi connectivity index (χ3v) is 5.41. The normalized spacial score (nSPS) is 10.9. The molecule has 0 radical (unpaired) electrons. The minimum Gasteiger partial charge on any atom is -0.483 e. The smallest absolute Gasteiger partial charge is 0.338 e. The molecule has 3 rings (SSSR count). The summed E-state index contributed by atoms with van der Waals surface area (Å²) in [4.78, 5) is 38.8. The summed E-state index contributed by atoms with van der Waals surface area (Å²) in [6.45, 7) is 6.70. The van der Waals surface area contributed by atoms with Gasteiger partial charge in [-0.1, -0.05) is 26.0 Å². The lowest BCUT2D eigenvalue weighted by Crippen LogP contribution is -2.27. The average Bonchev–Trinajstić information content (AvgIpc) is 2.83. The van der Waals surface area contributed by atoms with Crippen LogP contribution in [0.4, 0.5) is 5.69 Å². The van der Waals surface area contributed by atoms with Gasteiger partial charge in [0.1, 0.15) is 12.4 Å². The summed E-state index contributed by atoms with van der Waals surface area (Å²) in [5.41, 5.74) is 1.44. The second kappa shape index (κ2) is 11.3. The van der Waals surface area contributed by atoms with E-state index in [-0.39, 0.29) is 18.1 Å². The van der Waals surface area contributed by atoms with Crippen molar-refractivity contribution in [1.82, 2.24) is 9.47 Å². The van der Waals surface area contributed by atoms with Gasteiger partial charge in [0.25, 0.3) is 11.5 Å². The van der Waals surface area contributed by atoms with Crippen LogP contribution in [0.25, 0.3) is 10.9 Å². The number of carbonyl (C=O) groups is 2. The van der Waals surface area contributed by atoms with Crippen molar-refractivity contribution in [3.63, 3.8) is 0 Å². The molecule has 0 saturated heterocycles. The summed E-state index contributed by atoms with van der Waals surface area (Å²) in [7, 11) is 1.69. The molecule has 1 aromatic heterocycles. The molecule has 0 atom stereocenters. The highest BCUT2D eigenvalue weighted by Gasteiger charge is 2.11. The zero-order valence-electron chi connectivity index (χ0n) is 19.2. The predicted octanol–water partition coefficient (Wildman–Crippen LogP) is 3.05. The lowest BCUT2D eigenvalue weighted by Gasteiger charge is -2.17. The van der Waals surface area contributed by atoms with Crippen LogP contribution < -0.4 is 15.6 Å². The van der Waals surface area contributed by atoms with Gasteiger partial charge in [-0.3, -0.25) is 9.59 Å². The summed E-state index contributed by atoms with van der Waals surface area (Å²) in [6, 6.07) is 15.2. The van der Waals surface area contributed by atoms with Crippen LogP contribution in [0, 0.1) is 0 Å². The molecule has 2 aromatic carbocycles. The fourth-order valence-electron chi connectivity index (χ4n) is 3.42. The number of esters is 1. The summed E-state index contributed by atoms with van der Waals surface area (Å²) in [6.07, 6.45) is 0. The Morgan fingerprint density at radius 3 is 2.42 bits per heavy atom. The van der Waals surface area contributed by atoms with Crippen molar-refractivity contribution in [3.8, 4) is 5.75 Å². The molecule has 3 aromatic rings. The van der Waals surface area contributed by atoms with Crippen LogP contribution in [0.3, 0.4) is 0 Å². The average molecular weight is 452 g/mol. The lowest BCUT2D eigenvalue weighted by atomic mass is 10.2. The van der Waals surface area contributed by atoms with E-state index in [0.29, 0.717) is 30.2 Å². The molecule has 0 aliphatic heterocycles. The summed E-state index contributed by atoms with van der Waals surface area (Å²) < 4.78 is 12.5. The van der Waals surface area contributed by atoms with Gasteiger partial charge in [0.15, 0.2) is 6.61 Å². The third-order valence-electron chi connectivity index (χ3n) is 5.41. The highest BCUT2D eigenvalue weighted by Crippen LogP contribution is 2.23. The van der Waals surface area contributed by atoms with Gasteiger partial charge >= 0.3 is 5.97 Å². The van der Waals surface area contributed by atoms with Crippen LogP contribution in [0.1, 0.15) is 24.2 Å². The Morgan fingerprint density at radius 2 is 1.73 bits per heavy atom. The largest absolute Gasteiger partial charge is 0.483 e. The van der Waals surface area contributed by atoms with Gasteiger partial charge in [-0.25, -0.2) is 4.79 Å². The number of rotatable bonds is 10. The Balaban J connectivity index is 1.54. The number of para-hydroxylation sites is 1. The van der Waals surface area contributed by atoms with Gasteiger partial charge in [0, 0.05) is 30.7 Å². The zero-order valence-corrected chi connectivity index (χ0v) is 19.2. The van der Waals surface area contributed by atoms with Gasteiger partial charge < -0.3 is 24.3 Å². The van der Waals surface area contributed by atoms with Gasteiger partial charge in [0.2, 0.25) is 0 Å². The Bertz CT molecular complexity index is 1170. The lowest BCUT2D eigenvalue weighted by molar-refractivity contribution is -0.118. The highest BCUT2D eigenvalue weighted by molar-refractivity contribution is 5.94. The number of aryl methyl sites for hydroxylation is 1. The second-order valence-electron chi connectivity index (χ2n) is 7.50. The van der Waals surface area contributed by atoms with E-state index in [9.17, 15) is 14.4 Å². The Labute approximate surface area is 192 Å². The molecule has 0 aliphatic carbocycles. The SMILES string of the molecule is CCN(CC)CCOC(=O)c1ccc(NC(=O)COc2cc(=O)n(C)c3ccccc23)cc1. The molecule has 0 unspecified atom stereocenters. The maximum atomic E-state index is 12.3. The summed E-state index contributed by atoms with van der Waals surface area (Å²) in [5.74, 6) is -0.429. The van der Waals surface area contributed by atoms with Crippen molar-refractivity contribution in [3.05, 3.63) is 70.5 Å². The number of fused-ring (bicyclic) bond motifs is 1. The van der Waals surface area contributed by atoms with Crippen molar-refractivity contribution >= 4 is 28.5 Å². The number of benzene rings is 2. The third kappa shape index (κ3) is 6.20. The number of pyridine rings is 1. The first-order valence-corrected chi connectivity index (χ1v) is 10.9. The number of aromatic nitrogens is 1. The van der Waals surface area contributed by atoms with Crippen LogP contribution in [-0.2, 0) is 16.6 Å². The van der Waals surface area contributed by atoms with E-state index in [1.54, 1.807) is 31.3 Å². The Morgan fingerprint density at radius 1 is 1.03 bits per heavy atom. The number of ether oxygens (including phenoxy) is 2. The van der Waals surface area contributed by atoms with Crippen molar-refractivity contribution in [2.45, 2.75) is 13.8 Å². The van der Waals surface area contributed by atoms with Gasteiger partial charge in [0.05, 0.1) is 11.1 Å². The molecule has 0 aliphatic rings. The van der Waals surface area contributed by atoms with E-state index in [2.05, 4.69) is 24.1 Å². The fourth-order valence-corrected chi connectivity index (χ4v) is 3.42. The number of hydrogen-bond acceptors (Lipinski definition) is 6. The number of hydrogen-bond donors (Lipinski definition) is 1. The van der Waals surface area contributed by atoms with Crippen molar-refractivity contribution in [2.24, 2.45) is 7.05 Å². The molecular weight excluding hydrogens is 422 g/mol. The molecule has 1 heterocycles. The number of nitrogens with zero attached hydrogens (tertiary/aromatic N) is 2. The van der Waals surface area contributed by atoms with Crippen LogP contribution in [0.5, 0.6) is 5.75 Å². The quantitative estimate of drug-likeness (QED) is 0.477. The first-order valence-electron chi connectivity index (χ1n) is 10.9. The van der Waals surface area contributed by atoms with Crippen LogP contribution >= 0.6 is 0 Å². The van der Waals surface area contributed by atoms with E-state index >= 15 is 0 Å². The molecular formula is C25H29N3O5. The van der Waals surface area contributed by atoms with Gasteiger partial charge in [-0.2, -0.15) is 0 Å². The molecule has 8 heteroatoms. The number of amides is 1.